The molecule has 0 unspecified atom stereocenters. The van der Waals surface area contributed by atoms with Crippen molar-refractivity contribution in [2.45, 2.75) is 18.0 Å². The Labute approximate surface area is 124 Å². The molecule has 1 amide bonds. The van der Waals surface area contributed by atoms with Crippen molar-refractivity contribution in [3.05, 3.63) is 40.4 Å². The minimum absolute atomic E-state index is 0.0166. The summed E-state index contributed by atoms with van der Waals surface area (Å²) in [6, 6.07) is 5.45. The van der Waals surface area contributed by atoms with Gasteiger partial charge in [-0.15, -0.1) is 22.8 Å². The summed E-state index contributed by atoms with van der Waals surface area (Å²) in [5.41, 5.74) is 0.625. The first-order valence-corrected chi connectivity index (χ1v) is 7.03. The molecule has 0 saturated heterocycles. The van der Waals surface area contributed by atoms with Crippen molar-refractivity contribution in [3.63, 3.8) is 0 Å². The number of hydrogen-bond acceptors (Lipinski definition) is 4. The van der Waals surface area contributed by atoms with Crippen molar-refractivity contribution in [1.29, 1.82) is 0 Å². The molecule has 0 radical (unpaired) electrons. The maximum atomic E-state index is 12.5. The minimum Gasteiger partial charge on any atom is -0.329 e. The quantitative estimate of drug-likeness (QED) is 0.809. The van der Waals surface area contributed by atoms with E-state index in [9.17, 15) is 4.79 Å². The second-order valence-corrected chi connectivity index (χ2v) is 5.70. The number of aromatic nitrogens is 3. The Morgan fingerprint density at radius 1 is 1.37 bits per heavy atom. The Balaban J connectivity index is 1.87. The number of halogens is 1. The van der Waals surface area contributed by atoms with Crippen LogP contribution in [-0.4, -0.2) is 32.1 Å². The Hall–Kier alpha value is -1.34. The fourth-order valence-corrected chi connectivity index (χ4v) is 2.71. The van der Waals surface area contributed by atoms with E-state index in [-0.39, 0.29) is 5.91 Å². The third-order valence-electron chi connectivity index (χ3n) is 3.11. The van der Waals surface area contributed by atoms with E-state index in [2.05, 4.69) is 38.8 Å². The molecule has 2 aromatic rings. The standard InChI is InChI=1S/C12H11BrN4OS/c13-10-2-1-8(19)5-9(10)12(18)16-3-4-17-7-14-15-11(17)6-16/h1-2,5,7,19H,3-4,6H2. The monoisotopic (exact) mass is 338 g/mol. The summed E-state index contributed by atoms with van der Waals surface area (Å²) in [6.45, 7) is 1.88. The molecule has 19 heavy (non-hydrogen) atoms. The van der Waals surface area contributed by atoms with Crippen LogP contribution in [0.15, 0.2) is 33.9 Å². The first kappa shape index (κ1) is 12.7. The van der Waals surface area contributed by atoms with Gasteiger partial charge < -0.3 is 9.47 Å². The molecule has 0 fully saturated rings. The van der Waals surface area contributed by atoms with Crippen LogP contribution < -0.4 is 0 Å². The van der Waals surface area contributed by atoms with Gasteiger partial charge in [-0.25, -0.2) is 0 Å². The van der Waals surface area contributed by atoms with E-state index >= 15 is 0 Å². The highest BCUT2D eigenvalue weighted by Crippen LogP contribution is 2.23. The Bertz CT molecular complexity index is 642. The van der Waals surface area contributed by atoms with E-state index in [1.165, 1.54) is 0 Å². The van der Waals surface area contributed by atoms with Gasteiger partial charge in [0.05, 0.1) is 12.1 Å². The van der Waals surface area contributed by atoms with Gasteiger partial charge in [-0.05, 0) is 34.1 Å². The molecule has 0 aliphatic carbocycles. The number of thiol groups is 1. The summed E-state index contributed by atoms with van der Waals surface area (Å²) in [5, 5.41) is 7.87. The summed E-state index contributed by atoms with van der Waals surface area (Å²) in [4.78, 5) is 15.1. The van der Waals surface area contributed by atoms with Crippen LogP contribution in [0, 0.1) is 0 Å². The van der Waals surface area contributed by atoms with Gasteiger partial charge in [0.25, 0.3) is 5.91 Å². The lowest BCUT2D eigenvalue weighted by atomic mass is 10.2. The number of nitrogens with zero attached hydrogens (tertiary/aromatic N) is 4. The molecule has 1 aromatic heterocycles. The second kappa shape index (κ2) is 4.97. The molecule has 0 bridgehead atoms. The zero-order chi connectivity index (χ0) is 13.4. The van der Waals surface area contributed by atoms with Crippen LogP contribution in [0.3, 0.4) is 0 Å². The molecule has 7 heteroatoms. The van der Waals surface area contributed by atoms with Crippen molar-refractivity contribution in [3.8, 4) is 0 Å². The van der Waals surface area contributed by atoms with Crippen molar-refractivity contribution in [2.75, 3.05) is 6.54 Å². The zero-order valence-electron chi connectivity index (χ0n) is 9.95. The molecule has 1 aromatic carbocycles. The highest BCUT2D eigenvalue weighted by atomic mass is 79.9. The van der Waals surface area contributed by atoms with Gasteiger partial charge in [0.1, 0.15) is 6.33 Å². The molecular weight excluding hydrogens is 328 g/mol. The zero-order valence-corrected chi connectivity index (χ0v) is 12.4. The Morgan fingerprint density at radius 3 is 3.05 bits per heavy atom. The third kappa shape index (κ3) is 2.40. The molecule has 1 aliphatic heterocycles. The largest absolute Gasteiger partial charge is 0.329 e. The molecule has 98 valence electrons. The predicted molar refractivity (Wildman–Crippen MR) is 76.2 cm³/mol. The Kier molecular flexibility index (Phi) is 3.32. The lowest BCUT2D eigenvalue weighted by Gasteiger charge is -2.27. The first-order chi connectivity index (χ1) is 9.15. The first-order valence-electron chi connectivity index (χ1n) is 5.79. The summed E-state index contributed by atoms with van der Waals surface area (Å²) < 4.78 is 2.75. The normalized spacial score (nSPS) is 14.3. The van der Waals surface area contributed by atoms with E-state index in [1.54, 1.807) is 17.3 Å². The molecule has 5 nitrogen and oxygen atoms in total. The van der Waals surface area contributed by atoms with Crippen LogP contribution in [0.1, 0.15) is 16.2 Å². The number of amides is 1. The highest BCUT2D eigenvalue weighted by Gasteiger charge is 2.24. The van der Waals surface area contributed by atoms with Gasteiger partial charge >= 0.3 is 0 Å². The van der Waals surface area contributed by atoms with Crippen molar-refractivity contribution < 1.29 is 4.79 Å². The molecular formula is C12H11BrN4OS. The Morgan fingerprint density at radius 2 is 2.21 bits per heavy atom. The number of carbonyl (C=O) groups is 1. The van der Waals surface area contributed by atoms with Gasteiger partial charge in [0.2, 0.25) is 0 Å². The van der Waals surface area contributed by atoms with E-state index in [0.29, 0.717) is 18.7 Å². The molecule has 2 heterocycles. The topological polar surface area (TPSA) is 51.0 Å². The van der Waals surface area contributed by atoms with E-state index in [4.69, 9.17) is 0 Å². The lowest BCUT2D eigenvalue weighted by molar-refractivity contribution is 0.0706. The lowest BCUT2D eigenvalue weighted by Crippen LogP contribution is -2.38. The van der Waals surface area contributed by atoms with Crippen LogP contribution in [0.5, 0.6) is 0 Å². The number of benzene rings is 1. The van der Waals surface area contributed by atoms with Crippen LogP contribution >= 0.6 is 28.6 Å². The fourth-order valence-electron chi connectivity index (χ4n) is 2.09. The highest BCUT2D eigenvalue weighted by molar-refractivity contribution is 9.10. The molecule has 1 aliphatic rings. The number of hydrogen-bond donors (Lipinski definition) is 1. The van der Waals surface area contributed by atoms with Gasteiger partial charge in [-0.1, -0.05) is 0 Å². The molecule has 3 rings (SSSR count). The van der Waals surface area contributed by atoms with E-state index in [0.717, 1.165) is 21.7 Å². The van der Waals surface area contributed by atoms with Crippen molar-refractivity contribution in [1.82, 2.24) is 19.7 Å². The van der Waals surface area contributed by atoms with Crippen LogP contribution in [0.4, 0.5) is 0 Å². The number of rotatable bonds is 1. The maximum absolute atomic E-state index is 12.5. The second-order valence-electron chi connectivity index (χ2n) is 4.33. The SMILES string of the molecule is O=C(c1cc(S)ccc1Br)N1CCn2cnnc2C1. The van der Waals surface area contributed by atoms with Crippen LogP contribution in [-0.2, 0) is 13.1 Å². The molecule has 0 spiro atoms. The average molecular weight is 339 g/mol. The fraction of sp³-hybridized carbons (Fsp3) is 0.250. The summed E-state index contributed by atoms with van der Waals surface area (Å²) in [7, 11) is 0. The van der Waals surface area contributed by atoms with E-state index < -0.39 is 0 Å². The predicted octanol–water partition coefficient (Wildman–Crippen LogP) is 1.99. The molecule has 0 atom stereocenters. The maximum Gasteiger partial charge on any atom is 0.255 e. The van der Waals surface area contributed by atoms with Crippen molar-refractivity contribution >= 4 is 34.5 Å². The van der Waals surface area contributed by atoms with Crippen molar-refractivity contribution in [2.24, 2.45) is 0 Å². The van der Waals surface area contributed by atoms with E-state index in [1.807, 2.05) is 16.7 Å². The third-order valence-corrected chi connectivity index (χ3v) is 4.08. The van der Waals surface area contributed by atoms with Gasteiger partial charge in [0, 0.05) is 22.5 Å². The summed E-state index contributed by atoms with van der Waals surface area (Å²) >= 11 is 7.68. The van der Waals surface area contributed by atoms with Gasteiger partial charge in [0.15, 0.2) is 5.82 Å². The van der Waals surface area contributed by atoms with Crippen LogP contribution in [0.25, 0.3) is 0 Å². The van der Waals surface area contributed by atoms with Gasteiger partial charge in [-0.3, -0.25) is 4.79 Å². The molecule has 0 saturated carbocycles. The number of fused-ring (bicyclic) bond motifs is 1. The minimum atomic E-state index is -0.0166. The summed E-state index contributed by atoms with van der Waals surface area (Å²) in [6.07, 6.45) is 1.70. The van der Waals surface area contributed by atoms with Gasteiger partial charge in [-0.2, -0.15) is 0 Å². The molecule has 0 N–H and O–H groups in total. The number of carbonyl (C=O) groups excluding carboxylic acids is 1. The average Bonchev–Trinajstić information content (AvgIpc) is 2.88. The summed E-state index contributed by atoms with van der Waals surface area (Å²) in [5.74, 6) is 0.801. The smallest absolute Gasteiger partial charge is 0.255 e. The van der Waals surface area contributed by atoms with Crippen LogP contribution in [0.2, 0.25) is 0 Å².